The Hall–Kier alpha value is -0.610. The molecule has 1 atom stereocenters. The number of fused-ring (bicyclic) bond motifs is 1. The van der Waals surface area contributed by atoms with Gasteiger partial charge in [-0.1, -0.05) is 11.6 Å². The zero-order chi connectivity index (χ0) is 10.1. The van der Waals surface area contributed by atoms with Crippen molar-refractivity contribution >= 4 is 33.0 Å². The van der Waals surface area contributed by atoms with Crippen molar-refractivity contribution in [3.63, 3.8) is 0 Å². The summed E-state index contributed by atoms with van der Waals surface area (Å²) < 4.78 is 1.19. The summed E-state index contributed by atoms with van der Waals surface area (Å²) in [5.41, 5.74) is 2.23. The third-order valence-corrected chi connectivity index (χ3v) is 3.65. The first-order chi connectivity index (χ1) is 6.70. The maximum Gasteiger partial charge on any atom is 0.0634 e. The number of hydrogen-bond acceptors (Lipinski definition) is 3. The van der Waals surface area contributed by atoms with Gasteiger partial charge in [0.2, 0.25) is 0 Å². The van der Waals surface area contributed by atoms with Crippen LogP contribution >= 0.6 is 22.9 Å². The van der Waals surface area contributed by atoms with Crippen LogP contribution in [0.1, 0.15) is 17.8 Å². The summed E-state index contributed by atoms with van der Waals surface area (Å²) in [6.45, 7) is 1.91. The highest BCUT2D eigenvalue weighted by Gasteiger charge is 2.08. The molecule has 0 spiro atoms. The molecule has 2 aromatic rings. The molecular weight excluding hydrogens is 218 g/mol. The van der Waals surface area contributed by atoms with Crippen molar-refractivity contribution in [1.82, 2.24) is 5.48 Å². The standard InChI is InChI=1S/C10H10ClNOS/c1-6(12-13)10-5-7-4-8(11)2-3-9(7)14-10/h2-6,12-13H,1H3. The summed E-state index contributed by atoms with van der Waals surface area (Å²) in [4.78, 5) is 1.10. The van der Waals surface area contributed by atoms with E-state index in [0.29, 0.717) is 0 Å². The molecule has 0 radical (unpaired) electrons. The van der Waals surface area contributed by atoms with Crippen LogP contribution in [0.4, 0.5) is 0 Å². The summed E-state index contributed by atoms with van der Waals surface area (Å²) in [5.74, 6) is 0. The second-order valence-electron chi connectivity index (χ2n) is 3.18. The van der Waals surface area contributed by atoms with Crippen LogP contribution in [0.25, 0.3) is 10.1 Å². The van der Waals surface area contributed by atoms with Crippen molar-refractivity contribution in [2.24, 2.45) is 0 Å². The Morgan fingerprint density at radius 3 is 2.93 bits per heavy atom. The zero-order valence-corrected chi connectivity index (χ0v) is 9.19. The lowest BCUT2D eigenvalue weighted by Crippen LogP contribution is -2.11. The fraction of sp³-hybridized carbons (Fsp3) is 0.200. The second kappa shape index (κ2) is 3.87. The Morgan fingerprint density at radius 1 is 1.43 bits per heavy atom. The third-order valence-electron chi connectivity index (χ3n) is 2.12. The van der Waals surface area contributed by atoms with E-state index in [4.69, 9.17) is 16.8 Å². The van der Waals surface area contributed by atoms with Gasteiger partial charge in [-0.25, -0.2) is 0 Å². The minimum Gasteiger partial charge on any atom is -0.316 e. The fourth-order valence-electron chi connectivity index (χ4n) is 1.31. The first kappa shape index (κ1) is 9.93. The number of hydrogen-bond donors (Lipinski definition) is 2. The van der Waals surface area contributed by atoms with Crippen LogP contribution in [0.3, 0.4) is 0 Å². The van der Waals surface area contributed by atoms with Gasteiger partial charge < -0.3 is 5.21 Å². The van der Waals surface area contributed by atoms with Crippen molar-refractivity contribution in [3.8, 4) is 0 Å². The molecule has 4 heteroatoms. The van der Waals surface area contributed by atoms with Gasteiger partial charge in [-0.3, -0.25) is 0 Å². The minimum atomic E-state index is -0.0359. The Bertz CT molecular complexity index is 454. The quantitative estimate of drug-likeness (QED) is 0.769. The molecule has 1 heterocycles. The molecule has 74 valence electrons. The molecule has 0 aliphatic rings. The van der Waals surface area contributed by atoms with Gasteiger partial charge in [-0.2, -0.15) is 5.48 Å². The molecule has 0 saturated heterocycles. The third kappa shape index (κ3) is 1.77. The molecule has 1 aromatic heterocycles. The average molecular weight is 228 g/mol. The van der Waals surface area contributed by atoms with E-state index in [1.54, 1.807) is 11.3 Å². The SMILES string of the molecule is CC(NO)c1cc2cc(Cl)ccc2s1. The Morgan fingerprint density at radius 2 is 2.21 bits per heavy atom. The normalized spacial score (nSPS) is 13.4. The van der Waals surface area contributed by atoms with Crippen LogP contribution in [0, 0.1) is 0 Å². The lowest BCUT2D eigenvalue weighted by atomic mass is 10.2. The maximum atomic E-state index is 8.80. The number of nitrogens with one attached hydrogen (secondary N) is 1. The van der Waals surface area contributed by atoms with E-state index in [9.17, 15) is 0 Å². The first-order valence-corrected chi connectivity index (χ1v) is 5.49. The van der Waals surface area contributed by atoms with Gasteiger partial charge in [-0.15, -0.1) is 11.3 Å². The molecule has 1 aromatic carbocycles. The lowest BCUT2D eigenvalue weighted by Gasteiger charge is -2.03. The largest absolute Gasteiger partial charge is 0.316 e. The van der Waals surface area contributed by atoms with Crippen LogP contribution in [0.15, 0.2) is 24.3 Å². The summed E-state index contributed by atoms with van der Waals surface area (Å²) in [6.07, 6.45) is 0. The van der Waals surface area contributed by atoms with Gasteiger partial charge in [0.25, 0.3) is 0 Å². The summed E-state index contributed by atoms with van der Waals surface area (Å²) in [6, 6.07) is 7.81. The summed E-state index contributed by atoms with van der Waals surface area (Å²) in [7, 11) is 0. The van der Waals surface area contributed by atoms with E-state index in [0.717, 1.165) is 15.3 Å². The molecule has 2 N–H and O–H groups in total. The fourth-order valence-corrected chi connectivity index (χ4v) is 2.53. The van der Waals surface area contributed by atoms with E-state index in [-0.39, 0.29) is 6.04 Å². The van der Waals surface area contributed by atoms with Gasteiger partial charge in [0.1, 0.15) is 0 Å². The van der Waals surface area contributed by atoms with E-state index >= 15 is 0 Å². The predicted molar refractivity (Wildman–Crippen MR) is 60.2 cm³/mol. The molecule has 2 rings (SSSR count). The van der Waals surface area contributed by atoms with Gasteiger partial charge in [0.05, 0.1) is 6.04 Å². The van der Waals surface area contributed by atoms with Crippen LogP contribution in [-0.4, -0.2) is 5.21 Å². The smallest absolute Gasteiger partial charge is 0.0634 e. The Balaban J connectivity index is 2.51. The van der Waals surface area contributed by atoms with Gasteiger partial charge in [0.15, 0.2) is 0 Å². The molecular formula is C10H10ClNOS. The van der Waals surface area contributed by atoms with E-state index < -0.39 is 0 Å². The van der Waals surface area contributed by atoms with Crippen molar-refractivity contribution < 1.29 is 5.21 Å². The Labute approximate surface area is 91.1 Å². The molecule has 1 unspecified atom stereocenters. The highest BCUT2D eigenvalue weighted by molar-refractivity contribution is 7.19. The van der Waals surface area contributed by atoms with Crippen LogP contribution in [0.2, 0.25) is 5.02 Å². The van der Waals surface area contributed by atoms with Gasteiger partial charge >= 0.3 is 0 Å². The number of rotatable bonds is 2. The van der Waals surface area contributed by atoms with Crippen LogP contribution in [0.5, 0.6) is 0 Å². The molecule has 14 heavy (non-hydrogen) atoms. The van der Waals surface area contributed by atoms with Crippen LogP contribution < -0.4 is 5.48 Å². The van der Waals surface area contributed by atoms with Gasteiger partial charge in [0, 0.05) is 14.6 Å². The number of benzene rings is 1. The predicted octanol–water partition coefficient (Wildman–Crippen LogP) is 3.59. The molecule has 0 aliphatic heterocycles. The van der Waals surface area contributed by atoms with Crippen LogP contribution in [-0.2, 0) is 0 Å². The highest BCUT2D eigenvalue weighted by Crippen LogP contribution is 2.31. The topological polar surface area (TPSA) is 32.3 Å². The minimum absolute atomic E-state index is 0.0359. The molecule has 2 nitrogen and oxygen atoms in total. The lowest BCUT2D eigenvalue weighted by molar-refractivity contribution is 0.135. The summed E-state index contributed by atoms with van der Waals surface area (Å²) in [5, 5.41) is 10.7. The zero-order valence-electron chi connectivity index (χ0n) is 7.62. The van der Waals surface area contributed by atoms with E-state index in [2.05, 4.69) is 5.48 Å². The molecule has 0 amide bonds. The van der Waals surface area contributed by atoms with Crippen molar-refractivity contribution in [1.29, 1.82) is 0 Å². The van der Waals surface area contributed by atoms with E-state index in [1.165, 1.54) is 4.70 Å². The molecule has 0 aliphatic carbocycles. The van der Waals surface area contributed by atoms with Crippen molar-refractivity contribution in [2.45, 2.75) is 13.0 Å². The molecule has 0 bridgehead atoms. The number of hydroxylamine groups is 1. The number of thiophene rings is 1. The second-order valence-corrected chi connectivity index (χ2v) is 4.73. The molecule has 0 saturated carbocycles. The van der Waals surface area contributed by atoms with E-state index in [1.807, 2.05) is 31.2 Å². The van der Waals surface area contributed by atoms with Crippen molar-refractivity contribution in [2.75, 3.05) is 0 Å². The Kier molecular flexibility index (Phi) is 2.74. The monoisotopic (exact) mass is 227 g/mol. The summed E-state index contributed by atoms with van der Waals surface area (Å²) >= 11 is 7.54. The maximum absolute atomic E-state index is 8.80. The number of halogens is 1. The first-order valence-electron chi connectivity index (χ1n) is 4.29. The average Bonchev–Trinajstić information content (AvgIpc) is 2.59. The van der Waals surface area contributed by atoms with Gasteiger partial charge in [-0.05, 0) is 36.6 Å². The molecule has 0 fully saturated rings. The van der Waals surface area contributed by atoms with Crippen molar-refractivity contribution in [3.05, 3.63) is 34.2 Å². The highest BCUT2D eigenvalue weighted by atomic mass is 35.5.